The van der Waals surface area contributed by atoms with Crippen molar-refractivity contribution in [3.05, 3.63) is 35.9 Å². The second-order valence-corrected chi connectivity index (χ2v) is 8.26. The molecular formula is C21H27NO3. The van der Waals surface area contributed by atoms with Crippen molar-refractivity contribution in [3.63, 3.8) is 0 Å². The minimum absolute atomic E-state index is 0.0344. The molecule has 4 aliphatic carbocycles. The van der Waals surface area contributed by atoms with Gasteiger partial charge >= 0.3 is 5.97 Å². The Morgan fingerprint density at radius 3 is 2.24 bits per heavy atom. The lowest BCUT2D eigenvalue weighted by Crippen LogP contribution is -2.48. The van der Waals surface area contributed by atoms with E-state index in [0.29, 0.717) is 11.8 Å². The summed E-state index contributed by atoms with van der Waals surface area (Å²) < 4.78 is 5.42. The highest BCUT2D eigenvalue weighted by atomic mass is 16.5. The molecule has 1 N–H and O–H groups in total. The fourth-order valence-electron chi connectivity index (χ4n) is 5.65. The van der Waals surface area contributed by atoms with Crippen molar-refractivity contribution in [2.24, 2.45) is 29.6 Å². The molecule has 4 heteroatoms. The molecule has 0 spiro atoms. The molecule has 1 atom stereocenters. The van der Waals surface area contributed by atoms with Crippen LogP contribution in [0.25, 0.3) is 0 Å². The van der Waals surface area contributed by atoms with Gasteiger partial charge in [0.1, 0.15) is 0 Å². The van der Waals surface area contributed by atoms with Crippen molar-refractivity contribution < 1.29 is 14.3 Å². The number of benzene rings is 1. The summed E-state index contributed by atoms with van der Waals surface area (Å²) in [7, 11) is 0. The molecule has 0 radical (unpaired) electrons. The molecule has 1 aromatic carbocycles. The van der Waals surface area contributed by atoms with Crippen LogP contribution >= 0.6 is 0 Å². The molecular weight excluding hydrogens is 314 g/mol. The normalized spacial score (nSPS) is 33.7. The van der Waals surface area contributed by atoms with E-state index < -0.39 is 0 Å². The van der Waals surface area contributed by atoms with Crippen LogP contribution in [0.15, 0.2) is 30.3 Å². The summed E-state index contributed by atoms with van der Waals surface area (Å²) in [6.07, 6.45) is 6.11. The van der Waals surface area contributed by atoms with Gasteiger partial charge in [0.05, 0.1) is 12.0 Å². The zero-order valence-corrected chi connectivity index (χ0v) is 14.8. The Bertz CT molecular complexity index is 614. The lowest BCUT2D eigenvalue weighted by atomic mass is 9.52. The minimum Gasteiger partial charge on any atom is -0.455 e. The van der Waals surface area contributed by atoms with Gasteiger partial charge in [0, 0.05) is 0 Å². The number of carbonyl (C=O) groups is 2. The molecule has 0 heterocycles. The second kappa shape index (κ2) is 6.81. The third-order valence-corrected chi connectivity index (χ3v) is 6.52. The maximum Gasteiger partial charge on any atom is 0.310 e. The highest BCUT2D eigenvalue weighted by molar-refractivity contribution is 5.81. The summed E-state index contributed by atoms with van der Waals surface area (Å²) in [6.45, 7) is 1.77. The van der Waals surface area contributed by atoms with Gasteiger partial charge in [-0.3, -0.25) is 9.59 Å². The van der Waals surface area contributed by atoms with Crippen LogP contribution in [0.5, 0.6) is 0 Å². The first kappa shape index (κ1) is 16.6. The monoisotopic (exact) mass is 341 g/mol. The topological polar surface area (TPSA) is 55.4 Å². The Hall–Kier alpha value is -1.84. The Morgan fingerprint density at radius 1 is 1.04 bits per heavy atom. The van der Waals surface area contributed by atoms with Gasteiger partial charge in [-0.2, -0.15) is 0 Å². The summed E-state index contributed by atoms with van der Waals surface area (Å²) in [5, 5.41) is 2.90. The summed E-state index contributed by atoms with van der Waals surface area (Å²) in [6, 6.07) is 9.71. The highest BCUT2D eigenvalue weighted by Gasteiger charge is 2.51. The van der Waals surface area contributed by atoms with Gasteiger partial charge in [0.15, 0.2) is 6.61 Å². The molecule has 0 aliphatic heterocycles. The van der Waals surface area contributed by atoms with E-state index >= 15 is 0 Å². The zero-order valence-electron chi connectivity index (χ0n) is 14.8. The van der Waals surface area contributed by atoms with E-state index in [2.05, 4.69) is 5.32 Å². The predicted octanol–water partition coefficient (Wildman–Crippen LogP) is 3.48. The third kappa shape index (κ3) is 3.44. The van der Waals surface area contributed by atoms with Crippen molar-refractivity contribution >= 4 is 11.9 Å². The van der Waals surface area contributed by atoms with E-state index in [1.165, 1.54) is 32.1 Å². The lowest BCUT2D eigenvalue weighted by Gasteiger charge is -2.53. The van der Waals surface area contributed by atoms with Crippen molar-refractivity contribution in [1.29, 1.82) is 0 Å². The zero-order chi connectivity index (χ0) is 17.4. The Kier molecular flexibility index (Phi) is 4.53. The van der Waals surface area contributed by atoms with Gasteiger partial charge in [-0.05, 0) is 68.3 Å². The third-order valence-electron chi connectivity index (χ3n) is 6.52. The maximum atomic E-state index is 12.6. The summed E-state index contributed by atoms with van der Waals surface area (Å²) in [5.74, 6) is 2.32. The fraction of sp³-hybridized carbons (Fsp3) is 0.619. The number of rotatable bonds is 5. The predicted molar refractivity (Wildman–Crippen MR) is 94.5 cm³/mol. The van der Waals surface area contributed by atoms with E-state index in [0.717, 1.165) is 17.4 Å². The Labute approximate surface area is 149 Å². The molecule has 4 aliphatic rings. The number of nitrogens with one attached hydrogen (secondary N) is 1. The quantitative estimate of drug-likeness (QED) is 0.834. The van der Waals surface area contributed by atoms with Crippen LogP contribution in [-0.2, 0) is 14.3 Å². The summed E-state index contributed by atoms with van der Waals surface area (Å²) in [5.41, 5.74) is 1.04. The smallest absolute Gasteiger partial charge is 0.310 e. The average molecular weight is 341 g/mol. The number of carbonyl (C=O) groups excluding carboxylic acids is 2. The van der Waals surface area contributed by atoms with E-state index in [1.807, 2.05) is 37.3 Å². The molecule has 4 fully saturated rings. The van der Waals surface area contributed by atoms with Crippen LogP contribution in [0.1, 0.15) is 50.6 Å². The van der Waals surface area contributed by atoms with E-state index in [9.17, 15) is 9.59 Å². The standard InChI is InChI=1S/C21H27NO3/c1-13(16-5-3-2-4-6-16)22-19(23)12-25-21(24)20-17-8-14-7-15(10-17)11-18(20)9-14/h2-6,13-15,17-18,20H,7-12H2,1H3,(H,22,23)/t13-,14?,15?,17?,18?,20?/m0/s1. The molecule has 25 heavy (non-hydrogen) atoms. The first-order valence-electron chi connectivity index (χ1n) is 9.61. The molecule has 4 saturated carbocycles. The summed E-state index contributed by atoms with van der Waals surface area (Å²) >= 11 is 0. The first-order chi connectivity index (χ1) is 12.1. The van der Waals surface area contributed by atoms with Crippen molar-refractivity contribution in [1.82, 2.24) is 5.32 Å². The maximum absolute atomic E-state index is 12.6. The van der Waals surface area contributed by atoms with Crippen LogP contribution in [-0.4, -0.2) is 18.5 Å². The second-order valence-electron chi connectivity index (χ2n) is 8.26. The van der Waals surface area contributed by atoms with Crippen molar-refractivity contribution in [3.8, 4) is 0 Å². The average Bonchev–Trinajstić information content (AvgIpc) is 2.60. The minimum atomic E-state index is -0.228. The van der Waals surface area contributed by atoms with Gasteiger partial charge in [0.2, 0.25) is 0 Å². The van der Waals surface area contributed by atoms with Crippen LogP contribution in [0.4, 0.5) is 0 Å². The Balaban J connectivity index is 1.28. The van der Waals surface area contributed by atoms with Gasteiger partial charge in [-0.1, -0.05) is 30.3 Å². The number of amides is 1. The van der Waals surface area contributed by atoms with E-state index in [4.69, 9.17) is 4.74 Å². The largest absolute Gasteiger partial charge is 0.455 e. The molecule has 0 unspecified atom stereocenters. The number of esters is 1. The number of ether oxygens (including phenoxy) is 1. The number of hydrogen-bond donors (Lipinski definition) is 1. The van der Waals surface area contributed by atoms with Crippen LogP contribution in [0.3, 0.4) is 0 Å². The first-order valence-corrected chi connectivity index (χ1v) is 9.61. The molecule has 0 aromatic heterocycles. The van der Waals surface area contributed by atoms with Gasteiger partial charge < -0.3 is 10.1 Å². The summed E-state index contributed by atoms with van der Waals surface area (Å²) in [4.78, 5) is 24.7. The van der Waals surface area contributed by atoms with Gasteiger partial charge in [-0.15, -0.1) is 0 Å². The van der Waals surface area contributed by atoms with Crippen LogP contribution in [0, 0.1) is 29.6 Å². The number of hydrogen-bond acceptors (Lipinski definition) is 3. The molecule has 5 rings (SSSR count). The Morgan fingerprint density at radius 2 is 1.64 bits per heavy atom. The van der Waals surface area contributed by atoms with Crippen LogP contribution in [0.2, 0.25) is 0 Å². The molecule has 1 amide bonds. The van der Waals surface area contributed by atoms with Crippen molar-refractivity contribution in [2.45, 2.75) is 45.1 Å². The molecule has 4 nitrogen and oxygen atoms in total. The van der Waals surface area contributed by atoms with Crippen molar-refractivity contribution in [2.75, 3.05) is 6.61 Å². The molecule has 4 bridgehead atoms. The lowest BCUT2D eigenvalue weighted by molar-refractivity contribution is -0.164. The molecule has 0 saturated heterocycles. The SMILES string of the molecule is C[C@H](NC(=O)COC(=O)C1C2CC3CC(C2)CC1C3)c1ccccc1. The molecule has 1 aromatic rings. The van der Waals surface area contributed by atoms with E-state index in [1.54, 1.807) is 0 Å². The van der Waals surface area contributed by atoms with E-state index in [-0.39, 0.29) is 30.4 Å². The fourth-order valence-corrected chi connectivity index (χ4v) is 5.65. The van der Waals surface area contributed by atoms with Gasteiger partial charge in [0.25, 0.3) is 5.91 Å². The highest BCUT2D eigenvalue weighted by Crippen LogP contribution is 2.56. The van der Waals surface area contributed by atoms with Gasteiger partial charge in [-0.25, -0.2) is 0 Å². The van der Waals surface area contributed by atoms with Crippen LogP contribution < -0.4 is 5.32 Å². The molecule has 134 valence electrons.